The fraction of sp³-hybridized carbons (Fsp3) is 0.750. The molecule has 0 saturated heterocycles. The molecule has 58 valence electrons. The van der Waals surface area contributed by atoms with Crippen molar-refractivity contribution in [3.05, 3.63) is 12.2 Å². The molecule has 0 aromatic rings. The predicted molar refractivity (Wildman–Crippen MR) is 37.0 cm³/mol. The Kier molecular flexibility index (Phi) is 1.80. The Bertz CT molecular complexity index is 147. The molecule has 1 aliphatic rings. The van der Waals surface area contributed by atoms with E-state index in [-0.39, 0.29) is 12.3 Å². The number of halogens is 2. The lowest BCUT2D eigenvalue weighted by molar-refractivity contribution is -0.0427. The monoisotopic (exact) mass is 146 g/mol. The van der Waals surface area contributed by atoms with Gasteiger partial charge in [-0.25, -0.2) is 8.78 Å². The van der Waals surface area contributed by atoms with Crippen molar-refractivity contribution >= 4 is 0 Å². The summed E-state index contributed by atoms with van der Waals surface area (Å²) in [5.41, 5.74) is 0. The quantitative estimate of drug-likeness (QED) is 0.499. The molecule has 0 amide bonds. The Hall–Kier alpha value is -0.400. The second-order valence-electron chi connectivity index (χ2n) is 3.16. The van der Waals surface area contributed by atoms with E-state index in [0.717, 1.165) is 0 Å². The summed E-state index contributed by atoms with van der Waals surface area (Å²) >= 11 is 0. The number of hydrogen-bond acceptors (Lipinski definition) is 0. The Morgan fingerprint density at radius 2 is 2.10 bits per heavy atom. The zero-order valence-corrected chi connectivity index (χ0v) is 6.27. The highest BCUT2D eigenvalue weighted by molar-refractivity contribution is 5.06. The molecule has 10 heavy (non-hydrogen) atoms. The van der Waals surface area contributed by atoms with Gasteiger partial charge in [-0.15, -0.1) is 0 Å². The van der Waals surface area contributed by atoms with E-state index in [9.17, 15) is 8.78 Å². The molecule has 2 heteroatoms. The molecule has 0 nitrogen and oxygen atoms in total. The van der Waals surface area contributed by atoms with E-state index in [1.807, 2.05) is 13.8 Å². The third-order valence-corrected chi connectivity index (χ3v) is 1.94. The normalized spacial score (nSPS) is 29.9. The van der Waals surface area contributed by atoms with Gasteiger partial charge in [-0.2, -0.15) is 0 Å². The van der Waals surface area contributed by atoms with E-state index >= 15 is 0 Å². The van der Waals surface area contributed by atoms with Crippen LogP contribution in [-0.4, -0.2) is 5.92 Å². The van der Waals surface area contributed by atoms with Crippen molar-refractivity contribution in [1.29, 1.82) is 0 Å². The highest BCUT2D eigenvalue weighted by Crippen LogP contribution is 2.39. The zero-order chi connectivity index (χ0) is 7.78. The molecule has 0 bridgehead atoms. The average molecular weight is 146 g/mol. The first-order valence-electron chi connectivity index (χ1n) is 3.58. The summed E-state index contributed by atoms with van der Waals surface area (Å²) in [7, 11) is 0. The number of hydrogen-bond donors (Lipinski definition) is 0. The Labute approximate surface area is 59.9 Å². The second kappa shape index (κ2) is 2.33. The van der Waals surface area contributed by atoms with Crippen molar-refractivity contribution in [2.45, 2.75) is 26.2 Å². The van der Waals surface area contributed by atoms with Crippen molar-refractivity contribution in [3.63, 3.8) is 0 Å². The van der Waals surface area contributed by atoms with Gasteiger partial charge in [0.1, 0.15) is 0 Å². The first-order valence-corrected chi connectivity index (χ1v) is 3.58. The zero-order valence-electron chi connectivity index (χ0n) is 6.27. The lowest BCUT2D eigenvalue weighted by Crippen LogP contribution is -2.26. The van der Waals surface area contributed by atoms with Crippen LogP contribution in [0.5, 0.6) is 0 Å². The number of allylic oxidation sites excluding steroid dienone is 2. The van der Waals surface area contributed by atoms with E-state index in [4.69, 9.17) is 0 Å². The van der Waals surface area contributed by atoms with Crippen LogP contribution in [0.25, 0.3) is 0 Å². The van der Waals surface area contributed by atoms with Gasteiger partial charge >= 0.3 is 0 Å². The Morgan fingerprint density at radius 1 is 1.50 bits per heavy atom. The van der Waals surface area contributed by atoms with Crippen LogP contribution in [0.1, 0.15) is 20.3 Å². The summed E-state index contributed by atoms with van der Waals surface area (Å²) in [5, 5.41) is 0. The maximum absolute atomic E-state index is 12.8. The van der Waals surface area contributed by atoms with Crippen LogP contribution in [0.3, 0.4) is 0 Å². The molecule has 0 saturated carbocycles. The van der Waals surface area contributed by atoms with Gasteiger partial charge < -0.3 is 0 Å². The van der Waals surface area contributed by atoms with Crippen LogP contribution < -0.4 is 0 Å². The molecule has 0 aromatic carbocycles. The third kappa shape index (κ3) is 1.20. The highest BCUT2D eigenvalue weighted by atomic mass is 19.3. The minimum Gasteiger partial charge on any atom is -0.206 e. The lowest BCUT2D eigenvalue weighted by atomic mass is 9.93. The SMILES string of the molecule is CC(C)C1C=CCC1(F)F. The second-order valence-corrected chi connectivity index (χ2v) is 3.16. The molecular weight excluding hydrogens is 134 g/mol. The van der Waals surface area contributed by atoms with Gasteiger partial charge in [0.25, 0.3) is 5.92 Å². The van der Waals surface area contributed by atoms with Crippen molar-refractivity contribution in [1.82, 2.24) is 0 Å². The standard InChI is InChI=1S/C8H12F2/c1-6(2)7-4-3-5-8(7,9)10/h3-4,6-7H,5H2,1-2H3. The molecule has 0 N–H and O–H groups in total. The van der Waals surface area contributed by atoms with E-state index in [2.05, 4.69) is 0 Å². The third-order valence-electron chi connectivity index (χ3n) is 1.94. The van der Waals surface area contributed by atoms with Gasteiger partial charge in [-0.3, -0.25) is 0 Å². The Balaban J connectivity index is 2.67. The fourth-order valence-corrected chi connectivity index (χ4v) is 1.36. The topological polar surface area (TPSA) is 0 Å². The maximum Gasteiger partial charge on any atom is 0.257 e. The minimum atomic E-state index is -2.48. The molecule has 0 fully saturated rings. The van der Waals surface area contributed by atoms with Gasteiger partial charge in [0.05, 0.1) is 0 Å². The minimum absolute atomic E-state index is 0.0498. The van der Waals surface area contributed by atoms with Crippen LogP contribution in [0.15, 0.2) is 12.2 Å². The van der Waals surface area contributed by atoms with Gasteiger partial charge in [0.2, 0.25) is 0 Å². The highest BCUT2D eigenvalue weighted by Gasteiger charge is 2.41. The summed E-state index contributed by atoms with van der Waals surface area (Å²) < 4.78 is 25.6. The maximum atomic E-state index is 12.8. The molecule has 0 spiro atoms. The van der Waals surface area contributed by atoms with E-state index in [1.165, 1.54) is 0 Å². The van der Waals surface area contributed by atoms with E-state index < -0.39 is 11.8 Å². The molecule has 1 rings (SSSR count). The average Bonchev–Trinajstić information content (AvgIpc) is 2.08. The summed E-state index contributed by atoms with van der Waals surface area (Å²) in [6.45, 7) is 3.66. The molecule has 0 heterocycles. The number of rotatable bonds is 1. The lowest BCUT2D eigenvalue weighted by Gasteiger charge is -2.21. The van der Waals surface area contributed by atoms with Gasteiger partial charge in [0, 0.05) is 12.3 Å². The molecule has 0 aromatic heterocycles. The summed E-state index contributed by atoms with van der Waals surface area (Å²) in [6.07, 6.45) is 3.13. The molecule has 0 aliphatic heterocycles. The van der Waals surface area contributed by atoms with Gasteiger partial charge in [-0.05, 0) is 5.92 Å². The van der Waals surface area contributed by atoms with Crippen LogP contribution >= 0.6 is 0 Å². The fourth-order valence-electron chi connectivity index (χ4n) is 1.36. The largest absolute Gasteiger partial charge is 0.257 e. The van der Waals surface area contributed by atoms with Gasteiger partial charge in [-0.1, -0.05) is 26.0 Å². The van der Waals surface area contributed by atoms with Crippen LogP contribution in [0.2, 0.25) is 0 Å². The summed E-state index contributed by atoms with van der Waals surface area (Å²) in [5.74, 6) is -2.96. The number of alkyl halides is 2. The van der Waals surface area contributed by atoms with E-state index in [0.29, 0.717) is 0 Å². The van der Waals surface area contributed by atoms with Crippen molar-refractivity contribution in [3.8, 4) is 0 Å². The van der Waals surface area contributed by atoms with Crippen molar-refractivity contribution < 1.29 is 8.78 Å². The molecule has 1 atom stereocenters. The van der Waals surface area contributed by atoms with E-state index in [1.54, 1.807) is 12.2 Å². The summed E-state index contributed by atoms with van der Waals surface area (Å²) in [4.78, 5) is 0. The van der Waals surface area contributed by atoms with Crippen LogP contribution in [0.4, 0.5) is 8.78 Å². The smallest absolute Gasteiger partial charge is 0.206 e. The molecule has 0 radical (unpaired) electrons. The Morgan fingerprint density at radius 3 is 2.30 bits per heavy atom. The van der Waals surface area contributed by atoms with Crippen LogP contribution in [-0.2, 0) is 0 Å². The summed E-state index contributed by atoms with van der Waals surface area (Å²) in [6, 6.07) is 0. The predicted octanol–water partition coefficient (Wildman–Crippen LogP) is 2.85. The molecular formula is C8H12F2. The van der Waals surface area contributed by atoms with Crippen molar-refractivity contribution in [2.24, 2.45) is 11.8 Å². The van der Waals surface area contributed by atoms with Gasteiger partial charge in [0.15, 0.2) is 0 Å². The molecule has 1 aliphatic carbocycles. The first-order chi connectivity index (χ1) is 4.54. The first kappa shape index (κ1) is 7.70. The molecule has 1 unspecified atom stereocenters. The van der Waals surface area contributed by atoms with Crippen molar-refractivity contribution in [2.75, 3.05) is 0 Å². The van der Waals surface area contributed by atoms with Crippen LogP contribution in [0, 0.1) is 11.8 Å².